The van der Waals surface area contributed by atoms with Crippen LogP contribution >= 0.6 is 0 Å². The summed E-state index contributed by atoms with van der Waals surface area (Å²) >= 11 is 0. The summed E-state index contributed by atoms with van der Waals surface area (Å²) in [5, 5.41) is 5.89. The first-order chi connectivity index (χ1) is 7.37. The van der Waals surface area contributed by atoms with Gasteiger partial charge in [0.15, 0.2) is 0 Å². The fraction of sp³-hybridized carbons (Fsp3) is 0.909. The molecule has 2 N–H and O–H groups in total. The molecule has 1 heterocycles. The second-order valence-electron chi connectivity index (χ2n) is 5.17. The highest BCUT2D eigenvalue weighted by molar-refractivity contribution is 5.67. The van der Waals surface area contributed by atoms with Gasteiger partial charge in [0.25, 0.3) is 0 Å². The molecule has 5 heteroatoms. The highest BCUT2D eigenvalue weighted by Crippen LogP contribution is 2.19. The van der Waals surface area contributed by atoms with Gasteiger partial charge in [-0.25, -0.2) is 4.79 Å². The lowest BCUT2D eigenvalue weighted by molar-refractivity contribution is -0.0564. The Morgan fingerprint density at radius 2 is 2.06 bits per heavy atom. The summed E-state index contributed by atoms with van der Waals surface area (Å²) in [6.07, 6.45) is 0.432. The summed E-state index contributed by atoms with van der Waals surface area (Å²) in [5.74, 6) is 0. The molecule has 0 aromatic rings. The van der Waals surface area contributed by atoms with Gasteiger partial charge in [0.2, 0.25) is 0 Å². The normalized spacial score (nSPS) is 18.8. The minimum absolute atomic E-state index is 0.102. The van der Waals surface area contributed by atoms with Crippen molar-refractivity contribution in [2.24, 2.45) is 0 Å². The molecule has 0 aromatic carbocycles. The van der Waals surface area contributed by atoms with Crippen molar-refractivity contribution >= 4 is 6.09 Å². The van der Waals surface area contributed by atoms with E-state index < -0.39 is 5.60 Å². The molecule has 0 spiro atoms. The largest absolute Gasteiger partial charge is 0.444 e. The molecule has 1 saturated heterocycles. The zero-order valence-electron chi connectivity index (χ0n) is 10.6. The van der Waals surface area contributed by atoms with E-state index in [1.165, 1.54) is 0 Å². The number of methoxy groups -OCH3 is 1. The Morgan fingerprint density at radius 1 is 1.44 bits per heavy atom. The van der Waals surface area contributed by atoms with E-state index in [4.69, 9.17) is 9.47 Å². The van der Waals surface area contributed by atoms with Crippen molar-refractivity contribution in [3.63, 3.8) is 0 Å². The Balaban J connectivity index is 2.18. The molecule has 0 radical (unpaired) electrons. The van der Waals surface area contributed by atoms with E-state index in [-0.39, 0.29) is 11.7 Å². The Bertz CT molecular complexity index is 239. The second kappa shape index (κ2) is 5.01. The van der Waals surface area contributed by atoms with Gasteiger partial charge in [-0.2, -0.15) is 0 Å². The third kappa shape index (κ3) is 3.98. The highest BCUT2D eigenvalue weighted by atomic mass is 16.6. The van der Waals surface area contributed by atoms with Gasteiger partial charge in [0.05, 0.1) is 5.60 Å². The van der Waals surface area contributed by atoms with Gasteiger partial charge >= 0.3 is 6.09 Å². The van der Waals surface area contributed by atoms with Crippen molar-refractivity contribution in [2.45, 2.75) is 38.4 Å². The lowest BCUT2D eigenvalue weighted by Gasteiger charge is -2.41. The standard InChI is InChI=1S/C11H22N2O3/c1-10(2,3)16-9(14)13-6-5-11(15-4)7-12-8-11/h12H,5-8H2,1-4H3,(H,13,14). The summed E-state index contributed by atoms with van der Waals surface area (Å²) in [6.45, 7) is 7.81. The number of carbonyl (C=O) groups is 1. The lowest BCUT2D eigenvalue weighted by atomic mass is 9.93. The van der Waals surface area contributed by atoms with Crippen LogP contribution < -0.4 is 10.6 Å². The fourth-order valence-electron chi connectivity index (χ4n) is 1.53. The number of hydrogen-bond donors (Lipinski definition) is 2. The maximum atomic E-state index is 11.3. The van der Waals surface area contributed by atoms with Crippen molar-refractivity contribution in [1.82, 2.24) is 10.6 Å². The third-order valence-corrected chi connectivity index (χ3v) is 2.58. The van der Waals surface area contributed by atoms with Crippen LogP contribution in [0.15, 0.2) is 0 Å². The first-order valence-electron chi connectivity index (χ1n) is 5.60. The van der Waals surface area contributed by atoms with Crippen LogP contribution in [-0.4, -0.2) is 44.0 Å². The SMILES string of the molecule is COC1(CCNC(=O)OC(C)(C)C)CNC1. The molecule has 0 bridgehead atoms. The molecule has 0 atom stereocenters. The van der Waals surface area contributed by atoms with Crippen molar-refractivity contribution in [3.8, 4) is 0 Å². The van der Waals surface area contributed by atoms with E-state index in [1.807, 2.05) is 20.8 Å². The van der Waals surface area contributed by atoms with Gasteiger partial charge in [-0.1, -0.05) is 0 Å². The Morgan fingerprint density at radius 3 is 2.44 bits per heavy atom. The van der Waals surface area contributed by atoms with Crippen molar-refractivity contribution in [1.29, 1.82) is 0 Å². The number of carbonyl (C=O) groups excluding carboxylic acids is 1. The number of alkyl carbamates (subject to hydrolysis) is 1. The van der Waals surface area contributed by atoms with E-state index >= 15 is 0 Å². The summed E-state index contributed by atoms with van der Waals surface area (Å²) in [7, 11) is 1.70. The van der Waals surface area contributed by atoms with E-state index in [2.05, 4.69) is 10.6 Å². The second-order valence-corrected chi connectivity index (χ2v) is 5.17. The molecule has 1 rings (SSSR count). The molecule has 0 saturated carbocycles. The van der Waals surface area contributed by atoms with Crippen LogP contribution in [0.5, 0.6) is 0 Å². The van der Waals surface area contributed by atoms with Crippen LogP contribution in [0.4, 0.5) is 4.79 Å². The molecular weight excluding hydrogens is 208 g/mol. The lowest BCUT2D eigenvalue weighted by Crippen LogP contribution is -2.61. The summed E-state index contributed by atoms with van der Waals surface area (Å²) in [4.78, 5) is 11.3. The van der Waals surface area contributed by atoms with E-state index in [0.717, 1.165) is 19.5 Å². The topological polar surface area (TPSA) is 59.6 Å². The van der Waals surface area contributed by atoms with Crippen LogP contribution in [-0.2, 0) is 9.47 Å². The van der Waals surface area contributed by atoms with E-state index in [1.54, 1.807) is 7.11 Å². The molecule has 16 heavy (non-hydrogen) atoms. The highest BCUT2D eigenvalue weighted by Gasteiger charge is 2.36. The molecule has 1 fully saturated rings. The first-order valence-corrected chi connectivity index (χ1v) is 5.60. The van der Waals surface area contributed by atoms with Crippen LogP contribution in [0.3, 0.4) is 0 Å². The fourth-order valence-corrected chi connectivity index (χ4v) is 1.53. The van der Waals surface area contributed by atoms with Gasteiger partial charge in [0, 0.05) is 26.7 Å². The Hall–Kier alpha value is -0.810. The number of nitrogens with one attached hydrogen (secondary N) is 2. The third-order valence-electron chi connectivity index (χ3n) is 2.58. The van der Waals surface area contributed by atoms with E-state index in [9.17, 15) is 4.79 Å². The van der Waals surface area contributed by atoms with Crippen LogP contribution in [0.1, 0.15) is 27.2 Å². The molecule has 1 amide bonds. The zero-order valence-corrected chi connectivity index (χ0v) is 10.6. The molecule has 0 aromatic heterocycles. The minimum Gasteiger partial charge on any atom is -0.444 e. The monoisotopic (exact) mass is 230 g/mol. The van der Waals surface area contributed by atoms with Crippen molar-refractivity contribution < 1.29 is 14.3 Å². The average molecular weight is 230 g/mol. The summed E-state index contributed by atoms with van der Waals surface area (Å²) in [5.41, 5.74) is -0.546. The van der Waals surface area contributed by atoms with Crippen molar-refractivity contribution in [3.05, 3.63) is 0 Å². The van der Waals surface area contributed by atoms with Gasteiger partial charge in [0.1, 0.15) is 5.60 Å². The van der Waals surface area contributed by atoms with Crippen molar-refractivity contribution in [2.75, 3.05) is 26.7 Å². The molecule has 94 valence electrons. The molecule has 1 aliphatic heterocycles. The minimum atomic E-state index is -0.443. The van der Waals surface area contributed by atoms with Crippen LogP contribution in [0.25, 0.3) is 0 Å². The molecule has 0 unspecified atom stereocenters. The molecule has 5 nitrogen and oxygen atoms in total. The summed E-state index contributed by atoms with van der Waals surface area (Å²) < 4.78 is 10.5. The predicted octanol–water partition coefficient (Wildman–Crippen LogP) is 0.890. The van der Waals surface area contributed by atoms with E-state index in [0.29, 0.717) is 6.54 Å². The van der Waals surface area contributed by atoms with Gasteiger partial charge in [-0.15, -0.1) is 0 Å². The first kappa shape index (κ1) is 13.3. The number of rotatable bonds is 4. The van der Waals surface area contributed by atoms with Gasteiger partial charge in [-0.05, 0) is 27.2 Å². The number of hydrogen-bond acceptors (Lipinski definition) is 4. The molecular formula is C11H22N2O3. The molecule has 1 aliphatic rings. The maximum absolute atomic E-state index is 11.3. The molecule has 0 aliphatic carbocycles. The summed E-state index contributed by atoms with van der Waals surface area (Å²) in [6, 6.07) is 0. The van der Waals surface area contributed by atoms with Crippen LogP contribution in [0.2, 0.25) is 0 Å². The van der Waals surface area contributed by atoms with Crippen LogP contribution in [0, 0.1) is 0 Å². The van der Waals surface area contributed by atoms with Gasteiger partial charge in [-0.3, -0.25) is 0 Å². The van der Waals surface area contributed by atoms with Gasteiger partial charge < -0.3 is 20.1 Å². The zero-order chi connectivity index (χ0) is 12.2. The Labute approximate surface area is 96.9 Å². The average Bonchev–Trinajstić information content (AvgIpc) is 2.06. The number of amides is 1. The number of ether oxygens (including phenoxy) is 2. The maximum Gasteiger partial charge on any atom is 0.407 e. The smallest absolute Gasteiger partial charge is 0.407 e. The quantitative estimate of drug-likeness (QED) is 0.753. The predicted molar refractivity (Wildman–Crippen MR) is 61.5 cm³/mol. The Kier molecular flexibility index (Phi) is 4.15.